The van der Waals surface area contributed by atoms with Crippen molar-refractivity contribution in [3.63, 3.8) is 0 Å². The van der Waals surface area contributed by atoms with Crippen molar-refractivity contribution in [2.45, 2.75) is 12.8 Å². The Kier molecular flexibility index (Phi) is 2.80. The summed E-state index contributed by atoms with van der Waals surface area (Å²) in [7, 11) is 3.46. The van der Waals surface area contributed by atoms with Crippen molar-refractivity contribution in [3.8, 4) is 0 Å². The molecule has 0 aromatic rings. The molecule has 2 rings (SSSR count). The van der Waals surface area contributed by atoms with E-state index >= 15 is 0 Å². The van der Waals surface area contributed by atoms with E-state index in [0.717, 1.165) is 18.5 Å². The van der Waals surface area contributed by atoms with Crippen LogP contribution in [-0.2, 0) is 9.53 Å². The molecule has 0 aromatic heterocycles. The number of fused-ring (bicyclic) bond motifs is 1. The molecular weight excluding hydrogens is 190 g/mol. The lowest BCUT2D eigenvalue weighted by Gasteiger charge is -2.36. The summed E-state index contributed by atoms with van der Waals surface area (Å²) in [4.78, 5) is 13.7. The van der Waals surface area contributed by atoms with Gasteiger partial charge in [-0.25, -0.2) is 4.79 Å². The lowest BCUT2D eigenvalue weighted by molar-refractivity contribution is -0.137. The molecule has 0 saturated carbocycles. The van der Waals surface area contributed by atoms with E-state index in [9.17, 15) is 4.79 Å². The van der Waals surface area contributed by atoms with Crippen LogP contribution in [0.1, 0.15) is 12.8 Å². The van der Waals surface area contributed by atoms with Gasteiger partial charge < -0.3 is 9.64 Å². The molecule has 3 nitrogen and oxygen atoms in total. The number of hydrogen-bond acceptors (Lipinski definition) is 3. The lowest BCUT2D eigenvalue weighted by atomic mass is 9.77. The standard InChI is InChI=1S/C12H17NO2/c1-13-7-9-5-3-4-6-10(9)11(8-13)12(14)15-2/h4,6,8-10H,3,5,7H2,1-2H3/t9-,10-/m1/s1. The average Bonchev–Trinajstić information content (AvgIpc) is 2.26. The summed E-state index contributed by atoms with van der Waals surface area (Å²) in [6.07, 6.45) is 8.54. The highest BCUT2D eigenvalue weighted by molar-refractivity contribution is 5.89. The van der Waals surface area contributed by atoms with E-state index < -0.39 is 0 Å². The number of rotatable bonds is 1. The van der Waals surface area contributed by atoms with Crippen LogP contribution in [0.25, 0.3) is 0 Å². The normalized spacial score (nSPS) is 29.5. The molecule has 0 unspecified atom stereocenters. The molecule has 2 atom stereocenters. The minimum absolute atomic E-state index is 0.192. The molecule has 0 aromatic carbocycles. The van der Waals surface area contributed by atoms with Gasteiger partial charge in [0.15, 0.2) is 0 Å². The molecule has 1 aliphatic carbocycles. The first-order valence-electron chi connectivity index (χ1n) is 5.39. The topological polar surface area (TPSA) is 29.5 Å². The van der Waals surface area contributed by atoms with Crippen LogP contribution in [0.2, 0.25) is 0 Å². The molecule has 82 valence electrons. The first-order chi connectivity index (χ1) is 7.22. The van der Waals surface area contributed by atoms with E-state index in [-0.39, 0.29) is 11.9 Å². The third kappa shape index (κ3) is 1.91. The van der Waals surface area contributed by atoms with Crippen LogP contribution >= 0.6 is 0 Å². The highest BCUT2D eigenvalue weighted by Gasteiger charge is 2.33. The molecule has 0 spiro atoms. The second-order valence-corrected chi connectivity index (χ2v) is 4.31. The maximum absolute atomic E-state index is 11.6. The summed E-state index contributed by atoms with van der Waals surface area (Å²) in [5.41, 5.74) is 0.798. The molecule has 1 heterocycles. The van der Waals surface area contributed by atoms with Crippen LogP contribution in [0.3, 0.4) is 0 Å². The fourth-order valence-corrected chi connectivity index (χ4v) is 2.51. The third-order valence-corrected chi connectivity index (χ3v) is 3.22. The maximum atomic E-state index is 11.6. The van der Waals surface area contributed by atoms with Gasteiger partial charge in [-0.1, -0.05) is 12.2 Å². The van der Waals surface area contributed by atoms with E-state index in [1.165, 1.54) is 13.5 Å². The van der Waals surface area contributed by atoms with E-state index in [1.54, 1.807) is 0 Å². The Morgan fingerprint density at radius 1 is 1.60 bits per heavy atom. The van der Waals surface area contributed by atoms with Crippen molar-refractivity contribution in [2.24, 2.45) is 11.8 Å². The molecule has 3 heteroatoms. The van der Waals surface area contributed by atoms with Gasteiger partial charge in [-0.3, -0.25) is 0 Å². The molecule has 2 aliphatic rings. The van der Waals surface area contributed by atoms with Crippen molar-refractivity contribution >= 4 is 5.97 Å². The average molecular weight is 207 g/mol. The van der Waals surface area contributed by atoms with Crippen molar-refractivity contribution in [2.75, 3.05) is 20.7 Å². The Morgan fingerprint density at radius 2 is 2.40 bits per heavy atom. The number of esters is 1. The Labute approximate surface area is 90.4 Å². The van der Waals surface area contributed by atoms with Gasteiger partial charge in [0.2, 0.25) is 0 Å². The predicted molar refractivity (Wildman–Crippen MR) is 58.1 cm³/mol. The van der Waals surface area contributed by atoms with Gasteiger partial charge in [-0.05, 0) is 18.8 Å². The van der Waals surface area contributed by atoms with Crippen LogP contribution < -0.4 is 0 Å². The van der Waals surface area contributed by atoms with Gasteiger partial charge >= 0.3 is 5.97 Å². The molecule has 15 heavy (non-hydrogen) atoms. The second-order valence-electron chi connectivity index (χ2n) is 4.31. The Morgan fingerprint density at radius 3 is 3.13 bits per heavy atom. The first-order valence-corrected chi connectivity index (χ1v) is 5.39. The minimum atomic E-state index is -0.192. The summed E-state index contributed by atoms with van der Waals surface area (Å²) >= 11 is 0. The zero-order valence-electron chi connectivity index (χ0n) is 9.27. The molecule has 0 fully saturated rings. The number of ether oxygens (including phenoxy) is 1. The SMILES string of the molecule is COC(=O)C1=CN(C)C[C@H]2CCC=C[C@@H]12. The molecule has 0 N–H and O–H groups in total. The number of carbonyl (C=O) groups excluding carboxylic acids is 1. The van der Waals surface area contributed by atoms with E-state index in [1.807, 2.05) is 13.2 Å². The number of hydrogen-bond donors (Lipinski definition) is 0. The molecule has 0 saturated heterocycles. The molecular formula is C12H17NO2. The van der Waals surface area contributed by atoms with Crippen molar-refractivity contribution < 1.29 is 9.53 Å². The monoisotopic (exact) mass is 207 g/mol. The highest BCUT2D eigenvalue weighted by atomic mass is 16.5. The number of carbonyl (C=O) groups is 1. The van der Waals surface area contributed by atoms with E-state index in [2.05, 4.69) is 17.1 Å². The zero-order valence-corrected chi connectivity index (χ0v) is 9.27. The fourth-order valence-electron chi connectivity index (χ4n) is 2.51. The lowest BCUT2D eigenvalue weighted by Crippen LogP contribution is -2.36. The van der Waals surface area contributed by atoms with Crippen LogP contribution in [0, 0.1) is 11.8 Å². The van der Waals surface area contributed by atoms with Gasteiger partial charge in [0.25, 0.3) is 0 Å². The minimum Gasteiger partial charge on any atom is -0.466 e. The Balaban J connectivity index is 2.28. The van der Waals surface area contributed by atoms with E-state index in [0.29, 0.717) is 5.92 Å². The van der Waals surface area contributed by atoms with Crippen LogP contribution in [0.15, 0.2) is 23.9 Å². The van der Waals surface area contributed by atoms with Crippen LogP contribution in [0.5, 0.6) is 0 Å². The van der Waals surface area contributed by atoms with Crippen molar-refractivity contribution in [1.82, 2.24) is 4.90 Å². The Bertz CT molecular complexity index is 320. The highest BCUT2D eigenvalue weighted by Crippen LogP contribution is 2.34. The van der Waals surface area contributed by atoms with Gasteiger partial charge in [0.1, 0.15) is 0 Å². The van der Waals surface area contributed by atoms with Gasteiger partial charge in [-0.2, -0.15) is 0 Å². The summed E-state index contributed by atoms with van der Waals surface area (Å²) in [5, 5.41) is 0. The fraction of sp³-hybridized carbons (Fsp3) is 0.583. The smallest absolute Gasteiger partial charge is 0.335 e. The largest absolute Gasteiger partial charge is 0.466 e. The van der Waals surface area contributed by atoms with E-state index in [4.69, 9.17) is 4.74 Å². The summed E-state index contributed by atoms with van der Waals surface area (Å²) < 4.78 is 4.82. The zero-order chi connectivity index (χ0) is 10.8. The third-order valence-electron chi connectivity index (χ3n) is 3.22. The van der Waals surface area contributed by atoms with Crippen LogP contribution in [-0.4, -0.2) is 31.6 Å². The second kappa shape index (κ2) is 4.09. The summed E-state index contributed by atoms with van der Waals surface area (Å²) in [6.45, 7) is 1.04. The molecule has 0 radical (unpaired) electrons. The van der Waals surface area contributed by atoms with Gasteiger partial charge in [-0.15, -0.1) is 0 Å². The number of allylic oxidation sites excluding steroid dienone is 2. The van der Waals surface area contributed by atoms with Gasteiger partial charge in [0.05, 0.1) is 12.7 Å². The summed E-state index contributed by atoms with van der Waals surface area (Å²) in [6, 6.07) is 0. The quantitative estimate of drug-likeness (QED) is 0.483. The number of methoxy groups -OCH3 is 1. The maximum Gasteiger partial charge on any atom is 0.335 e. The van der Waals surface area contributed by atoms with Crippen molar-refractivity contribution in [3.05, 3.63) is 23.9 Å². The first kappa shape index (κ1) is 10.3. The molecule has 0 amide bonds. The molecule has 0 bridgehead atoms. The van der Waals surface area contributed by atoms with Gasteiger partial charge in [0, 0.05) is 25.7 Å². The Hall–Kier alpha value is -1.25. The summed E-state index contributed by atoms with van der Waals surface area (Å²) in [5.74, 6) is 0.643. The molecule has 1 aliphatic heterocycles. The van der Waals surface area contributed by atoms with Crippen LogP contribution in [0.4, 0.5) is 0 Å². The predicted octanol–water partition coefficient (Wildman–Crippen LogP) is 1.57. The van der Waals surface area contributed by atoms with Crippen molar-refractivity contribution in [1.29, 1.82) is 0 Å². The number of nitrogens with zero attached hydrogens (tertiary/aromatic N) is 1.